The van der Waals surface area contributed by atoms with Gasteiger partial charge in [-0.25, -0.2) is 9.78 Å². The number of hydrogen-bond acceptors (Lipinski definition) is 5. The molecule has 6 heteroatoms. The fraction of sp³-hybridized carbons (Fsp3) is 0.450. The van der Waals surface area contributed by atoms with E-state index < -0.39 is 11.7 Å². The summed E-state index contributed by atoms with van der Waals surface area (Å²) in [6.45, 7) is 9.01. The topological polar surface area (TPSA) is 68.3 Å². The third-order valence-electron chi connectivity index (χ3n) is 3.80. The Labute approximate surface area is 158 Å². The van der Waals surface area contributed by atoms with Gasteiger partial charge in [0.05, 0.1) is 22.1 Å². The lowest BCUT2D eigenvalue weighted by Crippen LogP contribution is -2.35. The third-order valence-corrected chi connectivity index (χ3v) is 4.77. The van der Waals surface area contributed by atoms with E-state index in [1.165, 1.54) is 0 Å². The summed E-state index contributed by atoms with van der Waals surface area (Å²) in [6, 6.07) is 7.74. The standard InChI is InChI=1S/C20H26N2O3S/c1-13(23)6-11-17(22-19(24)25-20(3,4)5)15-7-9-16(10-8-15)18-14(2)21-12-26-18/h7-10,12,17H,6,11H2,1-5H3,(H,22,24)/t17-/m0/s1. The number of benzene rings is 1. The first-order chi connectivity index (χ1) is 12.2. The molecule has 26 heavy (non-hydrogen) atoms. The van der Waals surface area contributed by atoms with Crippen LogP contribution in [0.5, 0.6) is 0 Å². The molecule has 140 valence electrons. The van der Waals surface area contributed by atoms with Crippen molar-refractivity contribution in [2.45, 2.75) is 59.1 Å². The summed E-state index contributed by atoms with van der Waals surface area (Å²) < 4.78 is 5.35. The van der Waals surface area contributed by atoms with Crippen molar-refractivity contribution in [3.8, 4) is 10.4 Å². The number of hydrogen-bond donors (Lipinski definition) is 1. The minimum atomic E-state index is -0.567. The first kappa shape index (κ1) is 20.1. The Bertz CT molecular complexity index is 760. The van der Waals surface area contributed by atoms with Gasteiger partial charge in [0.15, 0.2) is 0 Å². The first-order valence-electron chi connectivity index (χ1n) is 8.65. The lowest BCUT2D eigenvalue weighted by Gasteiger charge is -2.24. The maximum atomic E-state index is 12.2. The highest BCUT2D eigenvalue weighted by Crippen LogP contribution is 2.29. The van der Waals surface area contributed by atoms with E-state index in [1.807, 2.05) is 57.5 Å². The third kappa shape index (κ3) is 5.95. The summed E-state index contributed by atoms with van der Waals surface area (Å²) in [5, 5.41) is 2.89. The summed E-state index contributed by atoms with van der Waals surface area (Å²) in [5.41, 5.74) is 4.31. The van der Waals surface area contributed by atoms with Gasteiger partial charge >= 0.3 is 6.09 Å². The van der Waals surface area contributed by atoms with Crippen LogP contribution in [0.3, 0.4) is 0 Å². The molecule has 0 aliphatic carbocycles. The fourth-order valence-electron chi connectivity index (χ4n) is 2.57. The van der Waals surface area contributed by atoms with Crippen molar-refractivity contribution < 1.29 is 14.3 Å². The molecule has 0 saturated heterocycles. The van der Waals surface area contributed by atoms with Gasteiger partial charge in [-0.2, -0.15) is 0 Å². The van der Waals surface area contributed by atoms with Gasteiger partial charge in [-0.1, -0.05) is 24.3 Å². The number of nitrogens with zero attached hydrogens (tertiary/aromatic N) is 1. The van der Waals surface area contributed by atoms with Crippen LogP contribution < -0.4 is 5.32 Å². The monoisotopic (exact) mass is 374 g/mol. The fourth-order valence-corrected chi connectivity index (χ4v) is 3.38. The Morgan fingerprint density at radius 2 is 1.88 bits per heavy atom. The molecular formula is C20H26N2O3S. The van der Waals surface area contributed by atoms with E-state index in [-0.39, 0.29) is 11.8 Å². The SMILES string of the molecule is CC(=O)CC[C@H](NC(=O)OC(C)(C)C)c1ccc(-c2scnc2C)cc1. The van der Waals surface area contributed by atoms with Crippen molar-refractivity contribution >= 4 is 23.2 Å². The molecule has 0 bridgehead atoms. The van der Waals surface area contributed by atoms with E-state index in [2.05, 4.69) is 10.3 Å². The molecule has 0 aliphatic heterocycles. The van der Waals surface area contributed by atoms with Gasteiger partial charge in [0.2, 0.25) is 0 Å². The minimum absolute atomic E-state index is 0.0953. The van der Waals surface area contributed by atoms with Gasteiger partial charge in [0.1, 0.15) is 11.4 Å². The number of amides is 1. The number of ketones is 1. The van der Waals surface area contributed by atoms with Gasteiger partial charge in [0, 0.05) is 6.42 Å². The second-order valence-corrected chi connectivity index (χ2v) is 8.18. The first-order valence-corrected chi connectivity index (χ1v) is 9.53. The average molecular weight is 375 g/mol. The van der Waals surface area contributed by atoms with Crippen LogP contribution in [0.4, 0.5) is 4.79 Å². The normalized spacial score (nSPS) is 12.5. The van der Waals surface area contributed by atoms with Crippen molar-refractivity contribution in [3.63, 3.8) is 0 Å². The summed E-state index contributed by atoms with van der Waals surface area (Å²) in [7, 11) is 0. The Morgan fingerprint density at radius 1 is 1.23 bits per heavy atom. The van der Waals surface area contributed by atoms with Gasteiger partial charge in [0.25, 0.3) is 0 Å². The van der Waals surface area contributed by atoms with Gasteiger partial charge < -0.3 is 14.8 Å². The molecule has 1 N–H and O–H groups in total. The van der Waals surface area contributed by atoms with Crippen LogP contribution in [-0.4, -0.2) is 22.5 Å². The second-order valence-electron chi connectivity index (χ2n) is 7.33. The van der Waals surface area contributed by atoms with Gasteiger partial charge in [-0.3, -0.25) is 0 Å². The van der Waals surface area contributed by atoms with Crippen LogP contribution in [0.15, 0.2) is 29.8 Å². The minimum Gasteiger partial charge on any atom is -0.444 e. The van der Waals surface area contributed by atoms with Crippen molar-refractivity contribution in [3.05, 3.63) is 41.0 Å². The Kier molecular flexibility index (Phi) is 6.53. The summed E-state index contributed by atoms with van der Waals surface area (Å²) >= 11 is 1.60. The number of nitrogens with one attached hydrogen (secondary N) is 1. The van der Waals surface area contributed by atoms with Crippen LogP contribution in [0.25, 0.3) is 10.4 Å². The van der Waals surface area contributed by atoms with Gasteiger partial charge in [-0.15, -0.1) is 11.3 Å². The number of alkyl carbamates (subject to hydrolysis) is 1. The molecule has 1 heterocycles. The molecule has 0 aliphatic rings. The van der Waals surface area contributed by atoms with E-state index in [0.717, 1.165) is 21.7 Å². The van der Waals surface area contributed by atoms with Crippen LogP contribution in [-0.2, 0) is 9.53 Å². The molecule has 2 aromatic rings. The average Bonchev–Trinajstić information content (AvgIpc) is 2.96. The highest BCUT2D eigenvalue weighted by atomic mass is 32.1. The van der Waals surface area contributed by atoms with Crippen molar-refractivity contribution in [1.29, 1.82) is 0 Å². The highest BCUT2D eigenvalue weighted by molar-refractivity contribution is 7.13. The van der Waals surface area contributed by atoms with Crippen LogP contribution in [0.1, 0.15) is 57.8 Å². The maximum Gasteiger partial charge on any atom is 0.408 e. The molecule has 0 spiro atoms. The largest absolute Gasteiger partial charge is 0.444 e. The van der Waals surface area contributed by atoms with Crippen LogP contribution >= 0.6 is 11.3 Å². The molecule has 5 nitrogen and oxygen atoms in total. The van der Waals surface area contributed by atoms with Crippen LogP contribution in [0.2, 0.25) is 0 Å². The Morgan fingerprint density at radius 3 is 2.38 bits per heavy atom. The zero-order valence-corrected chi connectivity index (χ0v) is 16.8. The van der Waals surface area contributed by atoms with E-state index in [9.17, 15) is 9.59 Å². The highest BCUT2D eigenvalue weighted by Gasteiger charge is 2.21. The summed E-state index contributed by atoms with van der Waals surface area (Å²) in [4.78, 5) is 29.0. The quantitative estimate of drug-likeness (QED) is 0.768. The number of thiazole rings is 1. The lowest BCUT2D eigenvalue weighted by atomic mass is 9.99. The van der Waals surface area contributed by atoms with Crippen LogP contribution in [0, 0.1) is 6.92 Å². The lowest BCUT2D eigenvalue weighted by molar-refractivity contribution is -0.117. The van der Waals surface area contributed by atoms with E-state index in [4.69, 9.17) is 4.74 Å². The van der Waals surface area contributed by atoms with Crippen molar-refractivity contribution in [1.82, 2.24) is 10.3 Å². The maximum absolute atomic E-state index is 12.2. The zero-order chi connectivity index (χ0) is 19.3. The predicted molar refractivity (Wildman–Crippen MR) is 104 cm³/mol. The Hall–Kier alpha value is -2.21. The molecule has 1 aromatic heterocycles. The molecule has 0 fully saturated rings. The summed E-state index contributed by atoms with van der Waals surface area (Å²) in [5.74, 6) is 0.0953. The smallest absolute Gasteiger partial charge is 0.408 e. The molecule has 1 amide bonds. The molecule has 2 rings (SSSR count). The summed E-state index contributed by atoms with van der Waals surface area (Å²) in [6.07, 6.45) is 0.456. The second kappa shape index (κ2) is 8.45. The number of rotatable bonds is 6. The number of aryl methyl sites for hydroxylation is 1. The van der Waals surface area contributed by atoms with E-state index in [0.29, 0.717) is 12.8 Å². The molecule has 0 radical (unpaired) electrons. The Balaban J connectivity index is 2.17. The van der Waals surface area contributed by atoms with Gasteiger partial charge in [-0.05, 0) is 52.2 Å². The molecule has 1 aromatic carbocycles. The zero-order valence-electron chi connectivity index (χ0n) is 16.0. The van der Waals surface area contributed by atoms with Crippen molar-refractivity contribution in [2.75, 3.05) is 0 Å². The molecule has 0 saturated carbocycles. The number of ether oxygens (including phenoxy) is 1. The number of aromatic nitrogens is 1. The number of carbonyl (C=O) groups excluding carboxylic acids is 2. The van der Waals surface area contributed by atoms with Crippen molar-refractivity contribution in [2.24, 2.45) is 0 Å². The van der Waals surface area contributed by atoms with E-state index in [1.54, 1.807) is 18.3 Å². The number of Topliss-reactive ketones (excluding diaryl/α,β-unsaturated/α-hetero) is 1. The molecule has 1 atom stereocenters. The molecule has 0 unspecified atom stereocenters. The molecular weight excluding hydrogens is 348 g/mol. The van der Waals surface area contributed by atoms with E-state index >= 15 is 0 Å². The number of carbonyl (C=O) groups is 2. The predicted octanol–water partition coefficient (Wildman–Crippen LogP) is 5.05.